The van der Waals surface area contributed by atoms with Gasteiger partial charge in [-0.1, -0.05) is 0 Å². The lowest BCUT2D eigenvalue weighted by atomic mass is 10.3. The molecule has 20 heavy (non-hydrogen) atoms. The molecule has 2 N–H and O–H groups in total. The Morgan fingerprint density at radius 3 is 2.65 bits per heavy atom. The summed E-state index contributed by atoms with van der Waals surface area (Å²) in [7, 11) is -1.17. The second-order valence-corrected chi connectivity index (χ2v) is 6.23. The third-order valence-corrected chi connectivity index (χ3v) is 4.61. The van der Waals surface area contributed by atoms with Gasteiger partial charge in [-0.15, -0.1) is 0 Å². The van der Waals surface area contributed by atoms with E-state index >= 15 is 0 Å². The highest BCUT2D eigenvalue weighted by Crippen LogP contribution is 2.19. The zero-order chi connectivity index (χ0) is 15.3. The maximum Gasteiger partial charge on any atom is 0.305 e. The molecule has 0 fully saturated rings. The highest BCUT2D eigenvalue weighted by atomic mass is 32.2. The molecule has 0 amide bonds. The van der Waals surface area contributed by atoms with Crippen LogP contribution in [0.1, 0.15) is 12.8 Å². The molecule has 6 nitrogen and oxygen atoms in total. The molecule has 0 aliphatic heterocycles. The van der Waals surface area contributed by atoms with Crippen LogP contribution < -0.4 is 5.73 Å². The summed E-state index contributed by atoms with van der Waals surface area (Å²) >= 11 is 0. The largest absolute Gasteiger partial charge is 0.469 e. The fraction of sp³-hybridized carbons (Fsp3) is 0.417. The molecule has 0 atom stereocenters. The first-order valence-electron chi connectivity index (χ1n) is 5.87. The second-order valence-electron chi connectivity index (χ2n) is 4.19. The number of carbonyl (C=O) groups excluding carboxylic acids is 1. The number of rotatable bonds is 6. The van der Waals surface area contributed by atoms with Crippen molar-refractivity contribution in [2.45, 2.75) is 17.7 Å². The van der Waals surface area contributed by atoms with Gasteiger partial charge in [0.25, 0.3) is 0 Å². The fourth-order valence-electron chi connectivity index (χ4n) is 1.52. The number of nitrogens with zero attached hydrogens (tertiary/aromatic N) is 1. The normalized spacial score (nSPS) is 11.6. The molecule has 0 spiro atoms. The van der Waals surface area contributed by atoms with Crippen LogP contribution in [0.5, 0.6) is 0 Å². The van der Waals surface area contributed by atoms with Crippen LogP contribution in [0, 0.1) is 5.82 Å². The van der Waals surface area contributed by atoms with Gasteiger partial charge in [0.15, 0.2) is 0 Å². The van der Waals surface area contributed by atoms with Gasteiger partial charge in [-0.3, -0.25) is 4.79 Å². The van der Waals surface area contributed by atoms with Crippen molar-refractivity contribution in [2.24, 2.45) is 0 Å². The highest BCUT2D eigenvalue weighted by Gasteiger charge is 2.21. The maximum absolute atomic E-state index is 13.3. The Hall–Kier alpha value is -1.67. The Bertz CT molecular complexity index is 589. The smallest absolute Gasteiger partial charge is 0.305 e. The third kappa shape index (κ3) is 3.91. The predicted molar refractivity (Wildman–Crippen MR) is 71.9 cm³/mol. The molecule has 0 heterocycles. The van der Waals surface area contributed by atoms with E-state index in [0.29, 0.717) is 6.42 Å². The molecule has 8 heteroatoms. The van der Waals surface area contributed by atoms with Crippen molar-refractivity contribution < 1.29 is 22.3 Å². The lowest BCUT2D eigenvalue weighted by molar-refractivity contribution is -0.140. The minimum Gasteiger partial charge on any atom is -0.469 e. The van der Waals surface area contributed by atoms with Crippen molar-refractivity contribution in [3.05, 3.63) is 24.0 Å². The zero-order valence-electron chi connectivity index (χ0n) is 11.3. The van der Waals surface area contributed by atoms with Gasteiger partial charge in [0.2, 0.25) is 10.0 Å². The summed E-state index contributed by atoms with van der Waals surface area (Å²) in [6, 6.07) is 3.32. The number of methoxy groups -OCH3 is 1. The van der Waals surface area contributed by atoms with E-state index in [9.17, 15) is 17.6 Å². The van der Waals surface area contributed by atoms with Crippen molar-refractivity contribution in [3.8, 4) is 0 Å². The van der Waals surface area contributed by atoms with E-state index in [1.165, 1.54) is 26.3 Å². The minimum absolute atomic E-state index is 0.114. The van der Waals surface area contributed by atoms with Crippen LogP contribution in [-0.2, 0) is 19.6 Å². The number of hydrogen-bond acceptors (Lipinski definition) is 5. The first-order chi connectivity index (χ1) is 9.28. The number of sulfonamides is 1. The van der Waals surface area contributed by atoms with Gasteiger partial charge in [-0.2, -0.15) is 0 Å². The average molecular weight is 304 g/mol. The molecule has 0 aliphatic carbocycles. The molecule has 1 aromatic carbocycles. The third-order valence-electron chi connectivity index (χ3n) is 2.76. The molecule has 0 aromatic heterocycles. The van der Waals surface area contributed by atoms with Crippen molar-refractivity contribution in [1.29, 1.82) is 0 Å². The van der Waals surface area contributed by atoms with Crippen LogP contribution in [0.4, 0.5) is 10.1 Å². The number of hydrogen-bond donors (Lipinski definition) is 1. The number of nitrogen functional groups attached to an aromatic ring is 1. The Kier molecular flexibility index (Phi) is 5.46. The van der Waals surface area contributed by atoms with E-state index < -0.39 is 21.8 Å². The first kappa shape index (κ1) is 16.4. The van der Waals surface area contributed by atoms with Crippen LogP contribution in [0.25, 0.3) is 0 Å². The molecular formula is C12H17FN2O4S. The number of nitrogens with two attached hydrogens (primary N) is 1. The molecule has 1 rings (SSSR count). The standard InChI is InChI=1S/C12H17FN2O4S/c1-15(7-3-4-12(16)19-2)20(17,18)9-5-6-11(14)10(13)8-9/h5-6,8H,3-4,7,14H2,1-2H3. The van der Waals surface area contributed by atoms with Gasteiger partial charge in [0, 0.05) is 20.0 Å². The summed E-state index contributed by atoms with van der Waals surface area (Å²) in [4.78, 5) is 10.8. The SMILES string of the molecule is COC(=O)CCCN(C)S(=O)(=O)c1ccc(N)c(F)c1. The van der Waals surface area contributed by atoms with Crippen LogP contribution in [0.3, 0.4) is 0 Å². The van der Waals surface area contributed by atoms with Crippen LogP contribution in [0.2, 0.25) is 0 Å². The quantitative estimate of drug-likeness (QED) is 0.625. The van der Waals surface area contributed by atoms with Crippen molar-refractivity contribution in [3.63, 3.8) is 0 Å². The van der Waals surface area contributed by atoms with Crippen LogP contribution >= 0.6 is 0 Å². The van der Waals surface area contributed by atoms with E-state index in [2.05, 4.69) is 4.74 Å². The minimum atomic E-state index is -3.80. The van der Waals surface area contributed by atoms with Crippen LogP contribution in [0.15, 0.2) is 23.1 Å². The number of ether oxygens (including phenoxy) is 1. The Balaban J connectivity index is 2.77. The van der Waals surface area contributed by atoms with E-state index in [1.54, 1.807) is 0 Å². The van der Waals surface area contributed by atoms with E-state index in [4.69, 9.17) is 5.73 Å². The number of esters is 1. The van der Waals surface area contributed by atoms with Crippen molar-refractivity contribution >= 4 is 21.7 Å². The summed E-state index contributed by atoms with van der Waals surface area (Å²) in [6.45, 7) is 0.128. The van der Waals surface area contributed by atoms with Gasteiger partial charge in [-0.25, -0.2) is 17.1 Å². The molecule has 112 valence electrons. The topological polar surface area (TPSA) is 89.7 Å². The summed E-state index contributed by atoms with van der Waals surface area (Å²) < 4.78 is 43.1. The Morgan fingerprint density at radius 2 is 2.10 bits per heavy atom. The number of benzene rings is 1. The van der Waals surface area contributed by atoms with Gasteiger partial charge >= 0.3 is 5.97 Å². The molecule has 0 saturated carbocycles. The van der Waals surface area contributed by atoms with E-state index in [1.807, 2.05) is 0 Å². The zero-order valence-corrected chi connectivity index (χ0v) is 12.1. The van der Waals surface area contributed by atoms with Crippen molar-refractivity contribution in [1.82, 2.24) is 4.31 Å². The molecule has 0 saturated heterocycles. The maximum atomic E-state index is 13.3. The molecule has 0 unspecified atom stereocenters. The number of carbonyl (C=O) groups is 1. The lowest BCUT2D eigenvalue weighted by Crippen LogP contribution is -2.28. The molecule has 0 radical (unpaired) electrons. The lowest BCUT2D eigenvalue weighted by Gasteiger charge is -2.17. The molecular weight excluding hydrogens is 287 g/mol. The van der Waals surface area contributed by atoms with Gasteiger partial charge in [0.1, 0.15) is 5.82 Å². The van der Waals surface area contributed by atoms with Gasteiger partial charge in [-0.05, 0) is 24.6 Å². The highest BCUT2D eigenvalue weighted by molar-refractivity contribution is 7.89. The molecule has 0 bridgehead atoms. The molecule has 0 aliphatic rings. The molecule has 1 aromatic rings. The second kappa shape index (κ2) is 6.67. The van der Waals surface area contributed by atoms with Crippen LogP contribution in [-0.4, -0.2) is 39.4 Å². The summed E-state index contributed by atoms with van der Waals surface area (Å²) in [5.74, 6) is -1.19. The number of halogens is 1. The Morgan fingerprint density at radius 1 is 1.45 bits per heavy atom. The fourth-order valence-corrected chi connectivity index (χ4v) is 2.74. The van der Waals surface area contributed by atoms with Gasteiger partial charge < -0.3 is 10.5 Å². The first-order valence-corrected chi connectivity index (χ1v) is 7.31. The Labute approximate surface area is 117 Å². The summed E-state index contributed by atoms with van der Waals surface area (Å²) in [6.07, 6.45) is 0.437. The van der Waals surface area contributed by atoms with Crippen molar-refractivity contribution in [2.75, 3.05) is 26.4 Å². The van der Waals surface area contributed by atoms with E-state index in [-0.39, 0.29) is 23.5 Å². The van der Waals surface area contributed by atoms with Gasteiger partial charge in [0.05, 0.1) is 17.7 Å². The predicted octanol–water partition coefficient (Wildman–Crippen LogP) is 0.982. The summed E-state index contributed by atoms with van der Waals surface area (Å²) in [5, 5.41) is 0. The average Bonchev–Trinajstić information content (AvgIpc) is 2.41. The summed E-state index contributed by atoms with van der Waals surface area (Å²) in [5.41, 5.74) is 5.19. The number of anilines is 1. The van der Waals surface area contributed by atoms with E-state index in [0.717, 1.165) is 10.4 Å². The monoisotopic (exact) mass is 304 g/mol.